The van der Waals surface area contributed by atoms with E-state index < -0.39 is 5.60 Å². The molecule has 0 spiro atoms. The van der Waals surface area contributed by atoms with Gasteiger partial charge in [-0.05, 0) is 30.5 Å². The Labute approximate surface area is 92.5 Å². The number of rotatable bonds is 1. The fourth-order valence-corrected chi connectivity index (χ4v) is 2.01. The quantitative estimate of drug-likeness (QED) is 0.803. The van der Waals surface area contributed by atoms with Crippen LogP contribution in [0.25, 0.3) is 0 Å². The number of aryl methyl sites for hydroxylation is 2. The first kappa shape index (κ1) is 10.1. The zero-order valence-corrected chi connectivity index (χ0v) is 9.98. The Hall–Kier alpha value is -0.380. The molecule has 2 rings (SSSR count). The second-order valence-electron chi connectivity index (χ2n) is 4.06. The zero-order chi connectivity index (χ0) is 10.3. The Balaban J connectivity index is 2.45. The number of nitrogens with one attached hydrogen (secondary N) is 1. The van der Waals surface area contributed by atoms with Crippen molar-refractivity contribution in [3.63, 3.8) is 0 Å². The first-order valence-electron chi connectivity index (χ1n) is 4.73. The van der Waals surface area contributed by atoms with Crippen molar-refractivity contribution in [2.45, 2.75) is 19.4 Å². The summed E-state index contributed by atoms with van der Waals surface area (Å²) < 4.78 is 1.14. The van der Waals surface area contributed by atoms with E-state index in [1.807, 2.05) is 0 Å². The fraction of sp³-hybridized carbons (Fsp3) is 0.455. The van der Waals surface area contributed by atoms with Crippen LogP contribution in [0.3, 0.4) is 0 Å². The Morgan fingerprint density at radius 3 is 2.14 bits per heavy atom. The lowest BCUT2D eigenvalue weighted by molar-refractivity contribution is -0.0147. The summed E-state index contributed by atoms with van der Waals surface area (Å²) in [6, 6.07) is 4.11. The van der Waals surface area contributed by atoms with Crippen molar-refractivity contribution >= 4 is 15.9 Å². The van der Waals surface area contributed by atoms with Gasteiger partial charge >= 0.3 is 0 Å². The number of hydrogen-bond acceptors (Lipinski definition) is 2. The van der Waals surface area contributed by atoms with Crippen molar-refractivity contribution < 1.29 is 5.11 Å². The largest absolute Gasteiger partial charge is 0.382 e. The number of hydrogen-bond donors (Lipinski definition) is 2. The summed E-state index contributed by atoms with van der Waals surface area (Å²) in [6.45, 7) is 5.42. The molecule has 3 heteroatoms. The summed E-state index contributed by atoms with van der Waals surface area (Å²) in [7, 11) is 0. The molecule has 0 radical (unpaired) electrons. The second-order valence-corrected chi connectivity index (χ2v) is 4.85. The molecule has 1 saturated heterocycles. The Morgan fingerprint density at radius 1 is 1.29 bits per heavy atom. The van der Waals surface area contributed by atoms with Crippen LogP contribution in [-0.4, -0.2) is 18.2 Å². The molecular formula is C11H14BrNO. The van der Waals surface area contributed by atoms with Crippen LogP contribution in [0.1, 0.15) is 16.7 Å². The third-order valence-corrected chi connectivity index (χ3v) is 4.06. The number of β-amino-alcohol motifs (C(OH)–C–C–N with tert-alkyl or cyclic N) is 1. The van der Waals surface area contributed by atoms with Crippen LogP contribution in [-0.2, 0) is 5.60 Å². The van der Waals surface area contributed by atoms with E-state index >= 15 is 0 Å². The number of benzene rings is 1. The molecule has 0 saturated carbocycles. The van der Waals surface area contributed by atoms with Crippen LogP contribution in [0.2, 0.25) is 0 Å². The lowest BCUT2D eigenvalue weighted by atomic mass is 9.86. The summed E-state index contributed by atoms with van der Waals surface area (Å²) in [6.07, 6.45) is 0. The van der Waals surface area contributed by atoms with Crippen molar-refractivity contribution in [1.82, 2.24) is 5.32 Å². The van der Waals surface area contributed by atoms with E-state index in [0.29, 0.717) is 13.1 Å². The molecule has 1 fully saturated rings. The summed E-state index contributed by atoms with van der Waals surface area (Å²) in [4.78, 5) is 0. The third kappa shape index (κ3) is 1.49. The third-order valence-electron chi connectivity index (χ3n) is 2.81. The van der Waals surface area contributed by atoms with Crippen LogP contribution < -0.4 is 5.32 Å². The molecule has 76 valence electrons. The lowest BCUT2D eigenvalue weighted by Crippen LogP contribution is -2.56. The number of aliphatic hydroxyl groups is 1. The van der Waals surface area contributed by atoms with Gasteiger partial charge in [-0.2, -0.15) is 0 Å². The van der Waals surface area contributed by atoms with Gasteiger partial charge in [-0.3, -0.25) is 0 Å². The molecule has 0 amide bonds. The van der Waals surface area contributed by atoms with Crippen LogP contribution in [0.5, 0.6) is 0 Å². The van der Waals surface area contributed by atoms with Gasteiger partial charge in [0.05, 0.1) is 0 Å². The molecule has 0 aromatic heterocycles. The molecule has 1 heterocycles. The highest BCUT2D eigenvalue weighted by Gasteiger charge is 2.36. The minimum Gasteiger partial charge on any atom is -0.382 e. The Bertz CT molecular complexity index is 349. The lowest BCUT2D eigenvalue weighted by Gasteiger charge is -2.38. The van der Waals surface area contributed by atoms with Crippen molar-refractivity contribution in [2.24, 2.45) is 0 Å². The smallest absolute Gasteiger partial charge is 0.114 e. The highest BCUT2D eigenvalue weighted by molar-refractivity contribution is 9.10. The highest BCUT2D eigenvalue weighted by Crippen LogP contribution is 2.30. The van der Waals surface area contributed by atoms with Gasteiger partial charge in [0, 0.05) is 17.6 Å². The van der Waals surface area contributed by atoms with Crippen LogP contribution in [0, 0.1) is 13.8 Å². The summed E-state index contributed by atoms with van der Waals surface area (Å²) >= 11 is 3.52. The SMILES string of the molecule is Cc1cc(C2(O)CNC2)cc(C)c1Br. The van der Waals surface area contributed by atoms with Crippen LogP contribution in [0.15, 0.2) is 16.6 Å². The molecular weight excluding hydrogens is 242 g/mol. The summed E-state index contributed by atoms with van der Waals surface area (Å²) in [5.41, 5.74) is 2.74. The monoisotopic (exact) mass is 255 g/mol. The first-order valence-corrected chi connectivity index (χ1v) is 5.52. The van der Waals surface area contributed by atoms with Gasteiger partial charge in [0.15, 0.2) is 0 Å². The zero-order valence-electron chi connectivity index (χ0n) is 8.39. The Morgan fingerprint density at radius 2 is 1.79 bits per heavy atom. The molecule has 0 atom stereocenters. The minimum atomic E-state index is -0.643. The van der Waals surface area contributed by atoms with E-state index in [9.17, 15) is 5.11 Å². The predicted octanol–water partition coefficient (Wildman–Crippen LogP) is 1.86. The van der Waals surface area contributed by atoms with E-state index in [4.69, 9.17) is 0 Å². The minimum absolute atomic E-state index is 0.643. The van der Waals surface area contributed by atoms with E-state index in [2.05, 4.69) is 47.2 Å². The molecule has 2 N–H and O–H groups in total. The predicted molar refractivity (Wildman–Crippen MR) is 60.4 cm³/mol. The average Bonchev–Trinajstić information content (AvgIpc) is 2.09. The van der Waals surface area contributed by atoms with Crippen LogP contribution >= 0.6 is 15.9 Å². The van der Waals surface area contributed by atoms with Gasteiger partial charge in [-0.15, -0.1) is 0 Å². The van der Waals surface area contributed by atoms with Gasteiger partial charge in [-0.1, -0.05) is 28.1 Å². The van der Waals surface area contributed by atoms with Gasteiger partial charge < -0.3 is 10.4 Å². The van der Waals surface area contributed by atoms with Gasteiger partial charge in [0.2, 0.25) is 0 Å². The van der Waals surface area contributed by atoms with E-state index in [-0.39, 0.29) is 0 Å². The molecule has 1 aromatic rings. The van der Waals surface area contributed by atoms with Crippen molar-refractivity contribution in [1.29, 1.82) is 0 Å². The van der Waals surface area contributed by atoms with Crippen LogP contribution in [0.4, 0.5) is 0 Å². The van der Waals surface area contributed by atoms with Gasteiger partial charge in [0.1, 0.15) is 5.60 Å². The average molecular weight is 256 g/mol. The summed E-state index contributed by atoms with van der Waals surface area (Å²) in [5.74, 6) is 0. The molecule has 2 nitrogen and oxygen atoms in total. The maximum atomic E-state index is 10.1. The molecule has 14 heavy (non-hydrogen) atoms. The van der Waals surface area contributed by atoms with Crippen molar-refractivity contribution in [2.75, 3.05) is 13.1 Å². The van der Waals surface area contributed by atoms with Gasteiger partial charge in [-0.25, -0.2) is 0 Å². The van der Waals surface area contributed by atoms with E-state index in [1.165, 1.54) is 11.1 Å². The van der Waals surface area contributed by atoms with Crippen molar-refractivity contribution in [3.8, 4) is 0 Å². The first-order chi connectivity index (χ1) is 6.53. The van der Waals surface area contributed by atoms with E-state index in [1.54, 1.807) is 0 Å². The number of halogens is 1. The standard InChI is InChI=1S/C11H14BrNO/c1-7-3-9(4-8(2)10(7)12)11(14)5-13-6-11/h3-4,13-14H,5-6H2,1-2H3. The molecule has 1 aliphatic heterocycles. The maximum Gasteiger partial charge on any atom is 0.114 e. The molecule has 1 aromatic carbocycles. The summed E-state index contributed by atoms with van der Waals surface area (Å²) in [5, 5.41) is 13.2. The second kappa shape index (κ2) is 3.33. The normalized spacial score (nSPS) is 19.1. The van der Waals surface area contributed by atoms with Gasteiger partial charge in [0.25, 0.3) is 0 Å². The van der Waals surface area contributed by atoms with E-state index in [0.717, 1.165) is 10.0 Å². The topological polar surface area (TPSA) is 32.3 Å². The molecule has 0 aliphatic carbocycles. The molecule has 1 aliphatic rings. The molecule has 0 unspecified atom stereocenters. The fourth-order valence-electron chi connectivity index (χ4n) is 1.78. The Kier molecular flexibility index (Phi) is 2.41. The highest BCUT2D eigenvalue weighted by atomic mass is 79.9. The molecule has 0 bridgehead atoms. The maximum absolute atomic E-state index is 10.1. The van der Waals surface area contributed by atoms with Crippen molar-refractivity contribution in [3.05, 3.63) is 33.3 Å².